The average Bonchev–Trinajstić information content (AvgIpc) is 3.97. The Morgan fingerprint density at radius 2 is 0.833 bits per heavy atom. The van der Waals surface area contributed by atoms with E-state index in [-0.39, 0.29) is 67.2 Å². The number of Topliss-reactive ketones (excluding diaryl/α,β-unsaturated/α-hetero) is 3. The molecular formula is C38H39F2NO7. The summed E-state index contributed by atoms with van der Waals surface area (Å²) in [7, 11) is 0. The lowest BCUT2D eigenvalue weighted by molar-refractivity contribution is -0.148. The molecular weight excluding hydrogens is 620 g/mol. The van der Waals surface area contributed by atoms with Gasteiger partial charge in [0.25, 0.3) is 0 Å². The molecule has 0 spiro atoms. The Morgan fingerprint density at radius 3 is 1.12 bits per heavy atom. The standard InChI is InChI=1S/C19H17FO3.C12H11FO3.C6H7NO.CH4/c20-15-5-1-13(2-6-15)11-17(22)19(9-10-19)18(23)12-14-3-7-16(21)8-4-14;13-9-3-1-8(2-4-9)7-10(14)12(5-6-12)11(15)16;7-5-1-3-6(8)4-2-5;/h1-8,21H,9-12H2;1-4H,5-7H2,(H,15,16);1-4,8H,7H2;1H4. The zero-order valence-corrected chi connectivity index (χ0v) is 25.5. The van der Waals surface area contributed by atoms with Gasteiger partial charge in [-0.2, -0.15) is 0 Å². The van der Waals surface area contributed by atoms with E-state index in [1.165, 1.54) is 48.5 Å². The molecule has 6 rings (SSSR count). The summed E-state index contributed by atoms with van der Waals surface area (Å²) < 4.78 is 25.5. The van der Waals surface area contributed by atoms with Crippen LogP contribution in [0.2, 0.25) is 0 Å². The fraction of sp³-hybridized carbons (Fsp3) is 0.263. The van der Waals surface area contributed by atoms with Crippen molar-refractivity contribution < 1.29 is 43.3 Å². The number of carbonyl (C=O) groups excluding carboxylic acids is 3. The number of hydrogen-bond acceptors (Lipinski definition) is 7. The van der Waals surface area contributed by atoms with Gasteiger partial charge < -0.3 is 21.1 Å². The molecule has 0 bridgehead atoms. The fourth-order valence-electron chi connectivity index (χ4n) is 4.93. The Kier molecular flexibility index (Phi) is 12.3. The lowest BCUT2D eigenvalue weighted by atomic mass is 9.88. The highest BCUT2D eigenvalue weighted by molar-refractivity contribution is 6.11. The van der Waals surface area contributed by atoms with Gasteiger partial charge in [0.05, 0.1) is 5.41 Å². The highest BCUT2D eigenvalue weighted by atomic mass is 19.1. The van der Waals surface area contributed by atoms with Crippen LogP contribution in [0.15, 0.2) is 97.1 Å². The SMILES string of the molecule is C.Nc1ccc(O)cc1.O=C(Cc1ccc(O)cc1)C1(C(=O)Cc2ccc(F)cc2)CC1.O=C(O)C1(C(=O)Cc2ccc(F)cc2)CC1. The Hall–Kier alpha value is -5.38. The van der Waals surface area contributed by atoms with Gasteiger partial charge in [-0.25, -0.2) is 8.78 Å². The van der Waals surface area contributed by atoms with Gasteiger partial charge in [-0.05, 0) is 103 Å². The molecule has 4 aromatic carbocycles. The summed E-state index contributed by atoms with van der Waals surface area (Å²) in [5.74, 6) is -1.80. The number of hydrogen-bond donors (Lipinski definition) is 4. The van der Waals surface area contributed by atoms with Crippen molar-refractivity contribution >= 4 is 29.0 Å². The van der Waals surface area contributed by atoms with Crippen LogP contribution in [0.1, 0.15) is 49.8 Å². The second kappa shape index (κ2) is 15.9. The minimum absolute atomic E-state index is 0. The van der Waals surface area contributed by atoms with E-state index in [1.54, 1.807) is 48.5 Å². The fourth-order valence-corrected chi connectivity index (χ4v) is 4.93. The molecule has 0 radical (unpaired) electrons. The third kappa shape index (κ3) is 9.81. The molecule has 4 aromatic rings. The van der Waals surface area contributed by atoms with E-state index in [1.807, 2.05) is 0 Å². The maximum Gasteiger partial charge on any atom is 0.317 e. The quantitative estimate of drug-likeness (QED) is 0.0839. The molecule has 252 valence electrons. The molecule has 2 aliphatic carbocycles. The van der Waals surface area contributed by atoms with E-state index in [0.29, 0.717) is 36.9 Å². The number of halogens is 2. The smallest absolute Gasteiger partial charge is 0.317 e. The van der Waals surface area contributed by atoms with Crippen LogP contribution in [-0.4, -0.2) is 38.6 Å². The first kappa shape index (κ1) is 37.1. The van der Waals surface area contributed by atoms with Crippen LogP contribution in [0.25, 0.3) is 0 Å². The van der Waals surface area contributed by atoms with Gasteiger partial charge in [-0.3, -0.25) is 19.2 Å². The summed E-state index contributed by atoms with van der Waals surface area (Å²) in [4.78, 5) is 47.7. The molecule has 10 heteroatoms. The monoisotopic (exact) mass is 659 g/mol. The maximum absolute atomic E-state index is 12.9. The summed E-state index contributed by atoms with van der Waals surface area (Å²) in [5, 5.41) is 26.9. The van der Waals surface area contributed by atoms with Crippen LogP contribution in [0.4, 0.5) is 14.5 Å². The largest absolute Gasteiger partial charge is 0.508 e. The van der Waals surface area contributed by atoms with Crippen molar-refractivity contribution in [3.63, 3.8) is 0 Å². The van der Waals surface area contributed by atoms with Gasteiger partial charge in [0.15, 0.2) is 17.3 Å². The number of benzene rings is 4. The van der Waals surface area contributed by atoms with Crippen molar-refractivity contribution in [3.8, 4) is 11.5 Å². The number of phenols is 2. The number of carbonyl (C=O) groups is 4. The molecule has 2 aliphatic rings. The van der Waals surface area contributed by atoms with Crippen LogP contribution in [0.5, 0.6) is 11.5 Å². The van der Waals surface area contributed by atoms with E-state index in [9.17, 15) is 33.1 Å². The Balaban J connectivity index is 0.000000216. The van der Waals surface area contributed by atoms with Crippen LogP contribution in [0, 0.1) is 22.5 Å². The highest BCUT2D eigenvalue weighted by Crippen LogP contribution is 2.49. The number of carboxylic acid groups (broad SMARTS) is 1. The Labute approximate surface area is 277 Å². The molecule has 0 heterocycles. The van der Waals surface area contributed by atoms with E-state index in [4.69, 9.17) is 15.9 Å². The first-order chi connectivity index (χ1) is 22.3. The van der Waals surface area contributed by atoms with Gasteiger partial charge >= 0.3 is 5.97 Å². The number of anilines is 1. The predicted octanol–water partition coefficient (Wildman–Crippen LogP) is 6.65. The third-order valence-corrected chi connectivity index (χ3v) is 8.26. The van der Waals surface area contributed by atoms with Crippen molar-refractivity contribution in [1.29, 1.82) is 0 Å². The molecule has 8 nitrogen and oxygen atoms in total. The molecule has 0 saturated heterocycles. The molecule has 2 saturated carbocycles. The van der Waals surface area contributed by atoms with Gasteiger partial charge in [0.2, 0.25) is 0 Å². The van der Waals surface area contributed by atoms with Crippen LogP contribution in [-0.2, 0) is 38.4 Å². The Morgan fingerprint density at radius 1 is 0.542 bits per heavy atom. The number of nitrogen functional groups attached to an aromatic ring is 1. The van der Waals surface area contributed by atoms with E-state index < -0.39 is 16.8 Å². The summed E-state index contributed by atoms with van der Waals surface area (Å²) >= 11 is 0. The maximum atomic E-state index is 12.9. The predicted molar refractivity (Wildman–Crippen MR) is 177 cm³/mol. The van der Waals surface area contributed by atoms with Gasteiger partial charge in [0, 0.05) is 24.9 Å². The van der Waals surface area contributed by atoms with Crippen molar-refractivity contribution in [3.05, 3.63) is 125 Å². The molecule has 48 heavy (non-hydrogen) atoms. The molecule has 0 aliphatic heterocycles. The van der Waals surface area contributed by atoms with Crippen LogP contribution < -0.4 is 5.73 Å². The lowest BCUT2D eigenvalue weighted by Gasteiger charge is -2.13. The first-order valence-corrected chi connectivity index (χ1v) is 15.0. The highest BCUT2D eigenvalue weighted by Gasteiger charge is 2.56. The van der Waals surface area contributed by atoms with Gasteiger partial charge in [0.1, 0.15) is 28.5 Å². The van der Waals surface area contributed by atoms with Gasteiger partial charge in [-0.1, -0.05) is 43.8 Å². The second-order valence-corrected chi connectivity index (χ2v) is 11.8. The summed E-state index contributed by atoms with van der Waals surface area (Å²) in [5.41, 5.74) is 6.12. The molecule has 5 N–H and O–H groups in total. The first-order valence-electron chi connectivity index (χ1n) is 15.0. The second-order valence-electron chi connectivity index (χ2n) is 11.8. The Bertz CT molecular complexity index is 1630. The van der Waals surface area contributed by atoms with E-state index in [0.717, 1.165) is 11.1 Å². The topological polar surface area (TPSA) is 155 Å². The van der Waals surface area contributed by atoms with E-state index in [2.05, 4.69) is 0 Å². The number of nitrogens with two attached hydrogens (primary N) is 1. The van der Waals surface area contributed by atoms with Crippen molar-refractivity contribution in [1.82, 2.24) is 0 Å². The van der Waals surface area contributed by atoms with Crippen molar-refractivity contribution in [2.24, 2.45) is 10.8 Å². The summed E-state index contributed by atoms with van der Waals surface area (Å²) in [6, 6.07) is 24.2. The lowest BCUT2D eigenvalue weighted by Crippen LogP contribution is -2.28. The average molecular weight is 660 g/mol. The number of carboxylic acids is 1. The zero-order chi connectivity index (χ0) is 34.2. The van der Waals surface area contributed by atoms with Crippen LogP contribution in [0.3, 0.4) is 0 Å². The van der Waals surface area contributed by atoms with Crippen molar-refractivity contribution in [2.75, 3.05) is 5.73 Å². The number of ketones is 3. The third-order valence-electron chi connectivity index (χ3n) is 8.26. The van der Waals surface area contributed by atoms with Gasteiger partial charge in [-0.15, -0.1) is 0 Å². The minimum Gasteiger partial charge on any atom is -0.508 e. The van der Waals surface area contributed by atoms with Crippen molar-refractivity contribution in [2.45, 2.75) is 52.4 Å². The molecule has 0 atom stereocenters. The summed E-state index contributed by atoms with van der Waals surface area (Å²) in [6.45, 7) is 0. The number of aromatic hydroxyl groups is 2. The number of aliphatic carboxylic acids is 1. The normalized spacial score (nSPS) is 14.4. The molecule has 0 unspecified atom stereocenters. The molecule has 0 aromatic heterocycles. The number of phenolic OH excluding ortho intramolecular Hbond substituents is 2. The minimum atomic E-state index is -1.16. The molecule has 2 fully saturated rings. The number of rotatable bonds is 10. The molecule has 0 amide bonds. The van der Waals surface area contributed by atoms with E-state index >= 15 is 0 Å². The zero-order valence-electron chi connectivity index (χ0n) is 25.5. The van der Waals surface area contributed by atoms with Crippen LogP contribution >= 0.6 is 0 Å². The summed E-state index contributed by atoms with van der Waals surface area (Å²) in [6.07, 6.45) is 2.42.